The molecular formula is C16H15Cl2IN2S. The zero-order valence-electron chi connectivity index (χ0n) is 11.8. The van der Waals surface area contributed by atoms with Crippen LogP contribution in [0.25, 0.3) is 0 Å². The summed E-state index contributed by atoms with van der Waals surface area (Å²) in [5.41, 5.74) is 2.23. The van der Waals surface area contributed by atoms with E-state index in [1.54, 1.807) is 11.8 Å². The molecule has 2 atom stereocenters. The first-order valence-corrected chi connectivity index (χ1v) is 8.54. The van der Waals surface area contributed by atoms with Crippen LogP contribution in [0.2, 0.25) is 10.0 Å². The lowest BCUT2D eigenvalue weighted by atomic mass is 9.95. The van der Waals surface area contributed by atoms with Crippen molar-refractivity contribution in [3.63, 3.8) is 0 Å². The summed E-state index contributed by atoms with van der Waals surface area (Å²) in [6.07, 6.45) is 2.02. The van der Waals surface area contributed by atoms with Crippen LogP contribution in [0.15, 0.2) is 53.5 Å². The number of amidine groups is 1. The van der Waals surface area contributed by atoms with Crippen LogP contribution in [-0.2, 0) is 0 Å². The first kappa shape index (κ1) is 17.9. The molecule has 2 aromatic rings. The van der Waals surface area contributed by atoms with Crippen molar-refractivity contribution in [3.05, 3.63) is 69.7 Å². The SMILES string of the molecule is CSC1=NC(c2cccc(Cl)c2)C(c2cccc(Cl)c2)N1.I. The van der Waals surface area contributed by atoms with Crippen LogP contribution < -0.4 is 5.32 Å². The number of nitrogens with one attached hydrogen (secondary N) is 1. The molecule has 1 aliphatic heterocycles. The molecule has 116 valence electrons. The van der Waals surface area contributed by atoms with E-state index < -0.39 is 0 Å². The fourth-order valence-electron chi connectivity index (χ4n) is 2.48. The molecule has 0 spiro atoms. The fraction of sp³-hybridized carbons (Fsp3) is 0.188. The highest BCUT2D eigenvalue weighted by atomic mass is 127. The van der Waals surface area contributed by atoms with Crippen molar-refractivity contribution >= 4 is 64.1 Å². The molecule has 6 heteroatoms. The summed E-state index contributed by atoms with van der Waals surface area (Å²) in [5, 5.41) is 5.86. The molecular weight excluding hydrogens is 450 g/mol. The van der Waals surface area contributed by atoms with Gasteiger partial charge in [-0.2, -0.15) is 0 Å². The third kappa shape index (κ3) is 3.91. The number of nitrogens with zero attached hydrogens (tertiary/aromatic N) is 1. The summed E-state index contributed by atoms with van der Waals surface area (Å²) < 4.78 is 0. The number of halogens is 3. The maximum Gasteiger partial charge on any atom is 0.157 e. The highest BCUT2D eigenvalue weighted by Gasteiger charge is 2.31. The van der Waals surface area contributed by atoms with Gasteiger partial charge in [0.25, 0.3) is 0 Å². The van der Waals surface area contributed by atoms with E-state index >= 15 is 0 Å². The molecule has 2 nitrogen and oxygen atoms in total. The smallest absolute Gasteiger partial charge is 0.157 e. The van der Waals surface area contributed by atoms with Crippen LogP contribution in [0.1, 0.15) is 23.2 Å². The predicted molar refractivity (Wildman–Crippen MR) is 108 cm³/mol. The minimum atomic E-state index is 0. The second kappa shape index (κ2) is 7.90. The van der Waals surface area contributed by atoms with Crippen molar-refractivity contribution in [2.24, 2.45) is 4.99 Å². The summed E-state index contributed by atoms with van der Waals surface area (Å²) >= 11 is 13.8. The molecule has 0 saturated carbocycles. The number of hydrogen-bond donors (Lipinski definition) is 1. The second-order valence-electron chi connectivity index (χ2n) is 4.82. The van der Waals surface area contributed by atoms with Crippen molar-refractivity contribution in [1.29, 1.82) is 0 Å². The van der Waals surface area contributed by atoms with Gasteiger partial charge in [-0.1, -0.05) is 59.2 Å². The van der Waals surface area contributed by atoms with Crippen LogP contribution in [0.3, 0.4) is 0 Å². The largest absolute Gasteiger partial charge is 0.356 e. The van der Waals surface area contributed by atoms with E-state index in [9.17, 15) is 0 Å². The van der Waals surface area contributed by atoms with Crippen molar-refractivity contribution < 1.29 is 0 Å². The number of benzene rings is 2. The third-order valence-electron chi connectivity index (χ3n) is 3.44. The Balaban J connectivity index is 0.00000176. The van der Waals surface area contributed by atoms with E-state index in [0.717, 1.165) is 26.3 Å². The number of aliphatic imine (C=N–C) groups is 1. The topological polar surface area (TPSA) is 24.4 Å². The van der Waals surface area contributed by atoms with E-state index in [1.165, 1.54) is 0 Å². The molecule has 22 heavy (non-hydrogen) atoms. The Morgan fingerprint density at radius 3 is 2.18 bits per heavy atom. The van der Waals surface area contributed by atoms with E-state index in [2.05, 4.69) is 17.4 Å². The van der Waals surface area contributed by atoms with Crippen LogP contribution in [-0.4, -0.2) is 11.4 Å². The lowest BCUT2D eigenvalue weighted by molar-refractivity contribution is 0.573. The summed E-state index contributed by atoms with van der Waals surface area (Å²) in [6, 6.07) is 15.8. The van der Waals surface area contributed by atoms with Crippen molar-refractivity contribution in [2.45, 2.75) is 12.1 Å². The minimum absolute atomic E-state index is 0. The van der Waals surface area contributed by atoms with Gasteiger partial charge in [0.05, 0.1) is 6.04 Å². The van der Waals surface area contributed by atoms with Crippen LogP contribution in [0.4, 0.5) is 0 Å². The van der Waals surface area contributed by atoms with Crippen molar-refractivity contribution in [2.75, 3.05) is 6.26 Å². The monoisotopic (exact) mass is 464 g/mol. The zero-order valence-corrected chi connectivity index (χ0v) is 16.5. The zero-order chi connectivity index (χ0) is 14.8. The maximum atomic E-state index is 6.12. The van der Waals surface area contributed by atoms with Crippen molar-refractivity contribution in [3.8, 4) is 0 Å². The molecule has 2 aromatic carbocycles. The first-order valence-electron chi connectivity index (χ1n) is 6.56. The Morgan fingerprint density at radius 2 is 1.59 bits per heavy atom. The van der Waals surface area contributed by atoms with E-state index in [1.807, 2.05) is 42.7 Å². The average Bonchev–Trinajstić information content (AvgIpc) is 2.91. The summed E-state index contributed by atoms with van der Waals surface area (Å²) in [5.74, 6) is 0. The molecule has 1 aliphatic rings. The quantitative estimate of drug-likeness (QED) is 0.575. The van der Waals surface area contributed by atoms with Gasteiger partial charge in [0, 0.05) is 10.0 Å². The molecule has 0 aromatic heterocycles. The minimum Gasteiger partial charge on any atom is -0.356 e. The van der Waals surface area contributed by atoms with Gasteiger partial charge in [0.2, 0.25) is 0 Å². The van der Waals surface area contributed by atoms with Crippen LogP contribution in [0.5, 0.6) is 0 Å². The fourth-order valence-corrected chi connectivity index (χ4v) is 3.35. The molecule has 0 fully saturated rings. The maximum absolute atomic E-state index is 6.12. The Bertz CT molecular complexity index is 693. The van der Waals surface area contributed by atoms with Crippen LogP contribution >= 0.6 is 58.9 Å². The molecule has 1 N–H and O–H groups in total. The Labute approximate surface area is 161 Å². The van der Waals surface area contributed by atoms with Gasteiger partial charge < -0.3 is 5.32 Å². The molecule has 0 radical (unpaired) electrons. The predicted octanol–water partition coefficient (Wildman–Crippen LogP) is 5.72. The van der Waals surface area contributed by atoms with Gasteiger partial charge >= 0.3 is 0 Å². The Hall–Kier alpha value is -0.430. The molecule has 0 bridgehead atoms. The highest BCUT2D eigenvalue weighted by Crippen LogP contribution is 2.38. The summed E-state index contributed by atoms with van der Waals surface area (Å²) in [7, 11) is 0. The Kier molecular flexibility index (Phi) is 6.44. The van der Waals surface area contributed by atoms with E-state index in [-0.39, 0.29) is 36.1 Å². The standard InChI is InChI=1S/C16H14Cl2N2S.HI/c1-21-16-19-14(10-4-2-6-12(17)8-10)15(20-16)11-5-3-7-13(18)9-11;/h2-9,14-15H,1H3,(H,19,20);1H. The van der Waals surface area contributed by atoms with Crippen LogP contribution in [0, 0.1) is 0 Å². The second-order valence-corrected chi connectivity index (χ2v) is 6.48. The van der Waals surface area contributed by atoms with Gasteiger partial charge in [0.1, 0.15) is 6.04 Å². The van der Waals surface area contributed by atoms with E-state index in [0.29, 0.717) is 0 Å². The molecule has 1 heterocycles. The van der Waals surface area contributed by atoms with Gasteiger partial charge in [-0.05, 0) is 41.6 Å². The molecule has 0 saturated heterocycles. The van der Waals surface area contributed by atoms with Gasteiger partial charge in [-0.3, -0.25) is 4.99 Å². The third-order valence-corrected chi connectivity index (χ3v) is 4.52. The summed E-state index contributed by atoms with van der Waals surface area (Å²) in [6.45, 7) is 0. The molecule has 0 aliphatic carbocycles. The van der Waals surface area contributed by atoms with Gasteiger partial charge in [-0.25, -0.2) is 0 Å². The lowest BCUT2D eigenvalue weighted by Crippen LogP contribution is -2.22. The molecule has 0 amide bonds. The first-order chi connectivity index (χ1) is 10.2. The Morgan fingerprint density at radius 1 is 1.00 bits per heavy atom. The van der Waals surface area contributed by atoms with Gasteiger partial charge in [-0.15, -0.1) is 24.0 Å². The number of thioether (sulfide) groups is 1. The van der Waals surface area contributed by atoms with E-state index in [4.69, 9.17) is 28.2 Å². The molecule has 2 unspecified atom stereocenters. The van der Waals surface area contributed by atoms with Crippen molar-refractivity contribution in [1.82, 2.24) is 5.32 Å². The summed E-state index contributed by atoms with van der Waals surface area (Å²) in [4.78, 5) is 4.77. The lowest BCUT2D eigenvalue weighted by Gasteiger charge is -2.20. The van der Waals surface area contributed by atoms with Gasteiger partial charge in [0.15, 0.2) is 5.17 Å². The highest BCUT2D eigenvalue weighted by molar-refractivity contribution is 14.0. The normalized spacial score (nSPS) is 20.0. The number of rotatable bonds is 2. The average molecular weight is 465 g/mol. The molecule has 3 rings (SSSR count). The number of hydrogen-bond acceptors (Lipinski definition) is 3.